The molecular formula is C59H91N5. The first-order valence-electron chi connectivity index (χ1n) is 24.5. The van der Waals surface area contributed by atoms with Crippen LogP contribution in [0.5, 0.6) is 0 Å². The number of nitrogens with one attached hydrogen (secondary N) is 2. The van der Waals surface area contributed by atoms with Gasteiger partial charge in [-0.2, -0.15) is 5.10 Å². The van der Waals surface area contributed by atoms with E-state index in [-0.39, 0.29) is 0 Å². The molecule has 0 radical (unpaired) electrons. The molecule has 352 valence electrons. The number of fused-ring (bicyclic) bond motifs is 3. The highest BCUT2D eigenvalue weighted by molar-refractivity contribution is 5.82. The molecule has 3 aromatic carbocycles. The molecule has 0 amide bonds. The molecule has 0 fully saturated rings. The van der Waals surface area contributed by atoms with Crippen LogP contribution >= 0.6 is 0 Å². The van der Waals surface area contributed by atoms with E-state index in [4.69, 9.17) is 0 Å². The minimum atomic E-state index is 0.547. The van der Waals surface area contributed by atoms with E-state index in [1.165, 1.54) is 49.7 Å². The van der Waals surface area contributed by atoms with Gasteiger partial charge in [-0.1, -0.05) is 205 Å². The van der Waals surface area contributed by atoms with Gasteiger partial charge in [0.05, 0.1) is 11.7 Å². The van der Waals surface area contributed by atoms with Crippen molar-refractivity contribution in [2.75, 3.05) is 0 Å². The Bertz CT molecular complexity index is 2090. The first-order chi connectivity index (χ1) is 30.9. The van der Waals surface area contributed by atoms with Crippen LogP contribution in [0.2, 0.25) is 0 Å². The second-order valence-corrected chi connectivity index (χ2v) is 15.4. The maximum Gasteiger partial charge on any atom is 0.0653 e. The molecule has 1 aliphatic rings. The summed E-state index contributed by atoms with van der Waals surface area (Å²) in [7, 11) is 0. The van der Waals surface area contributed by atoms with Gasteiger partial charge in [-0.15, -0.1) is 0 Å². The number of hydrogen-bond acceptors (Lipinski definition) is 3. The Kier molecular flexibility index (Phi) is 35.3. The first kappa shape index (κ1) is 60.8. The van der Waals surface area contributed by atoms with E-state index in [9.17, 15) is 0 Å². The van der Waals surface area contributed by atoms with Crippen molar-refractivity contribution < 1.29 is 0 Å². The lowest BCUT2D eigenvalue weighted by atomic mass is 9.99. The van der Waals surface area contributed by atoms with Gasteiger partial charge in [-0.3, -0.25) is 15.1 Å². The molecule has 0 saturated carbocycles. The third-order valence-electron chi connectivity index (χ3n) is 9.49. The van der Waals surface area contributed by atoms with E-state index >= 15 is 0 Å². The Balaban J connectivity index is 0. The summed E-state index contributed by atoms with van der Waals surface area (Å²) in [6.45, 7) is 41.9. The van der Waals surface area contributed by atoms with Gasteiger partial charge in [0.2, 0.25) is 0 Å². The van der Waals surface area contributed by atoms with Crippen LogP contribution in [0, 0.1) is 0 Å². The van der Waals surface area contributed by atoms with Gasteiger partial charge in [0.1, 0.15) is 0 Å². The van der Waals surface area contributed by atoms with Crippen LogP contribution in [-0.4, -0.2) is 25.1 Å². The molecule has 4 aromatic heterocycles. The lowest BCUT2D eigenvalue weighted by molar-refractivity contribution is 0.823. The Labute approximate surface area is 393 Å². The largest absolute Gasteiger partial charge is 0.361 e. The maximum atomic E-state index is 4.18. The fraction of sp³-hybridized carbons (Fsp3) is 0.441. The molecule has 0 unspecified atom stereocenters. The fourth-order valence-corrected chi connectivity index (χ4v) is 5.98. The summed E-state index contributed by atoms with van der Waals surface area (Å²) in [6, 6.07) is 31.8. The Morgan fingerprint density at radius 2 is 1.12 bits per heavy atom. The lowest BCUT2D eigenvalue weighted by Crippen LogP contribution is -1.89. The van der Waals surface area contributed by atoms with Crippen LogP contribution in [0.25, 0.3) is 27.9 Å². The van der Waals surface area contributed by atoms with Gasteiger partial charge in [0, 0.05) is 41.4 Å². The summed E-state index contributed by atoms with van der Waals surface area (Å²) in [5.74, 6) is 2.96. The quantitative estimate of drug-likeness (QED) is 0.181. The second kappa shape index (κ2) is 37.1. The first-order valence-corrected chi connectivity index (χ1v) is 24.5. The number of nitrogens with zero attached hydrogens (tertiary/aromatic N) is 3. The number of allylic oxidation sites excluding steroid dienone is 1. The van der Waals surface area contributed by atoms with Crippen molar-refractivity contribution in [2.45, 2.75) is 174 Å². The molecule has 0 aliphatic heterocycles. The van der Waals surface area contributed by atoms with Crippen LogP contribution in [0.4, 0.5) is 0 Å². The van der Waals surface area contributed by atoms with E-state index in [0.29, 0.717) is 29.6 Å². The van der Waals surface area contributed by atoms with Gasteiger partial charge in [0.15, 0.2) is 0 Å². The highest BCUT2D eigenvalue weighted by atomic mass is 15.1. The third-order valence-corrected chi connectivity index (χ3v) is 9.49. The molecular weight excluding hydrogens is 779 g/mol. The highest BCUT2D eigenvalue weighted by Crippen LogP contribution is 2.25. The monoisotopic (exact) mass is 870 g/mol. The lowest BCUT2D eigenvalue weighted by Gasteiger charge is -2.07. The fourth-order valence-electron chi connectivity index (χ4n) is 5.98. The Morgan fingerprint density at radius 3 is 1.64 bits per heavy atom. The van der Waals surface area contributed by atoms with Crippen molar-refractivity contribution in [3.8, 4) is 0 Å². The molecule has 0 spiro atoms. The average molecular weight is 870 g/mol. The number of pyridine rings is 2. The van der Waals surface area contributed by atoms with Crippen molar-refractivity contribution >= 4 is 27.9 Å². The predicted octanol–water partition coefficient (Wildman–Crippen LogP) is 18.9. The van der Waals surface area contributed by atoms with E-state index in [2.05, 4.69) is 167 Å². The minimum Gasteiger partial charge on any atom is -0.361 e. The van der Waals surface area contributed by atoms with Gasteiger partial charge in [-0.25, -0.2) is 0 Å². The summed E-state index contributed by atoms with van der Waals surface area (Å²) in [4.78, 5) is 11.4. The summed E-state index contributed by atoms with van der Waals surface area (Å²) < 4.78 is 0. The highest BCUT2D eigenvalue weighted by Gasteiger charge is 2.07. The van der Waals surface area contributed by atoms with Crippen LogP contribution in [0.3, 0.4) is 0 Å². The van der Waals surface area contributed by atoms with Crippen molar-refractivity contribution in [1.29, 1.82) is 0 Å². The molecule has 64 heavy (non-hydrogen) atoms. The maximum absolute atomic E-state index is 4.18. The van der Waals surface area contributed by atoms with E-state index in [1.807, 2.05) is 124 Å². The second-order valence-electron chi connectivity index (χ2n) is 15.4. The number of aromatic amines is 2. The number of H-pyrrole nitrogens is 2. The number of benzene rings is 3. The number of aromatic nitrogens is 5. The zero-order valence-corrected chi connectivity index (χ0v) is 44.1. The van der Waals surface area contributed by atoms with Crippen molar-refractivity contribution in [3.05, 3.63) is 167 Å². The molecule has 2 N–H and O–H groups in total. The van der Waals surface area contributed by atoms with Gasteiger partial charge in [0.25, 0.3) is 0 Å². The molecule has 4 heterocycles. The molecule has 5 nitrogen and oxygen atoms in total. The molecule has 8 rings (SSSR count). The Morgan fingerprint density at radius 1 is 0.500 bits per heavy atom. The number of rotatable bonds is 5. The zero-order chi connectivity index (χ0) is 49.0. The van der Waals surface area contributed by atoms with Crippen molar-refractivity contribution in [3.63, 3.8) is 0 Å². The van der Waals surface area contributed by atoms with E-state index in [1.54, 1.807) is 6.20 Å². The van der Waals surface area contributed by atoms with Crippen molar-refractivity contribution in [2.24, 2.45) is 0 Å². The zero-order valence-electron chi connectivity index (χ0n) is 44.1. The molecule has 7 aromatic rings. The Hall–Kier alpha value is -5.29. The third kappa shape index (κ3) is 22.4. The SMILES string of the molecule is CC.CC.CC.CC.CC.CC(C)c1ccc2c(c1)C=CC2.CC(C)c1ccc2cc[nH]c2c1.CC(C)c1cccc2[nH]ncc12.CC(C)c1ccccn1.CC(C)c1cccnc1. The summed E-state index contributed by atoms with van der Waals surface area (Å²) >= 11 is 0. The summed E-state index contributed by atoms with van der Waals surface area (Å²) in [6.07, 6.45) is 15.0. The molecule has 0 bridgehead atoms. The average Bonchev–Trinajstić information content (AvgIpc) is 4.15. The summed E-state index contributed by atoms with van der Waals surface area (Å²) in [5.41, 5.74) is 11.9. The number of hydrogen-bond donors (Lipinski definition) is 2. The van der Waals surface area contributed by atoms with Gasteiger partial charge >= 0.3 is 0 Å². The van der Waals surface area contributed by atoms with Gasteiger partial charge < -0.3 is 4.98 Å². The van der Waals surface area contributed by atoms with E-state index in [0.717, 1.165) is 17.6 Å². The van der Waals surface area contributed by atoms with Gasteiger partial charge in [-0.05, 0) is 111 Å². The predicted molar refractivity (Wildman–Crippen MR) is 289 cm³/mol. The molecule has 5 heteroatoms. The standard InChI is InChI=1S/C12H14.C11H13N.C10H12N2.2C8H11N.5C2H6/c1-9(2)11-7-6-10-4-3-5-12(10)8-11;1-8(2)10-4-3-9-5-6-12-11(9)7-10;1-7(2)8-4-3-5-10-9(8)6-11-12-10;1-7(2)8-4-3-5-9-6-8;1-7(2)8-5-3-4-6-9-8;5*1-2/h3,5-9H,4H2,1-2H3;3-8,12H,1-2H3;3-7H,1-2H3,(H,11,12);2*3-7H,1-2H3;5*1-2H3. The normalized spacial score (nSPS) is 10.1. The molecule has 0 saturated heterocycles. The van der Waals surface area contributed by atoms with Crippen LogP contribution in [0.1, 0.15) is 207 Å². The van der Waals surface area contributed by atoms with Crippen LogP contribution < -0.4 is 0 Å². The summed E-state index contributed by atoms with van der Waals surface area (Å²) in [5, 5.41) is 9.52. The van der Waals surface area contributed by atoms with Crippen molar-refractivity contribution in [1.82, 2.24) is 25.1 Å². The van der Waals surface area contributed by atoms with Crippen LogP contribution in [-0.2, 0) is 6.42 Å². The molecule has 0 atom stereocenters. The van der Waals surface area contributed by atoms with Crippen LogP contribution in [0.15, 0.2) is 128 Å². The molecule has 1 aliphatic carbocycles. The topological polar surface area (TPSA) is 70.2 Å². The minimum absolute atomic E-state index is 0.547. The van der Waals surface area contributed by atoms with E-state index < -0.39 is 0 Å². The smallest absolute Gasteiger partial charge is 0.0653 e.